The summed E-state index contributed by atoms with van der Waals surface area (Å²) in [4.78, 5) is 8.73. The van der Waals surface area contributed by atoms with Gasteiger partial charge >= 0.3 is 0 Å². The fraction of sp³-hybridized carbons (Fsp3) is 0.533. The number of nitrogen functional groups attached to an aromatic ring is 1. The fourth-order valence-corrected chi connectivity index (χ4v) is 2.70. The molecule has 0 saturated carbocycles. The Morgan fingerprint density at radius 3 is 2.96 bits per heavy atom. The minimum atomic E-state index is -0.717. The Kier molecular flexibility index (Phi) is 4.29. The fourth-order valence-electron chi connectivity index (χ4n) is 2.70. The van der Waals surface area contributed by atoms with Crippen LogP contribution in [0.3, 0.4) is 0 Å². The minimum Gasteiger partial charge on any atom is -0.394 e. The summed E-state index contributed by atoms with van der Waals surface area (Å²) in [5, 5.41) is 19.3. The highest BCUT2D eigenvalue weighted by atomic mass is 16.5. The van der Waals surface area contributed by atoms with E-state index in [1.54, 1.807) is 17.2 Å². The lowest BCUT2D eigenvalue weighted by molar-refractivity contribution is -0.674. The van der Waals surface area contributed by atoms with E-state index in [-0.39, 0.29) is 12.7 Å². The maximum absolute atomic E-state index is 10.1. The summed E-state index contributed by atoms with van der Waals surface area (Å²) in [5.41, 5.74) is 8.50. The Bertz CT molecular complexity index is 738. The van der Waals surface area contributed by atoms with E-state index in [1.165, 1.54) is 5.57 Å². The molecule has 0 aliphatic carbocycles. The normalized spacial score (nSPS) is 24.3. The highest BCUT2D eigenvalue weighted by molar-refractivity contribution is 5.79. The van der Waals surface area contributed by atoms with Crippen LogP contribution in [-0.4, -0.2) is 43.6 Å². The van der Waals surface area contributed by atoms with Crippen molar-refractivity contribution in [2.75, 3.05) is 12.3 Å². The molecule has 0 amide bonds. The average Bonchev–Trinajstić information content (AvgIpc) is 3.09. The van der Waals surface area contributed by atoms with Gasteiger partial charge in [0.2, 0.25) is 12.0 Å². The third-order valence-corrected chi connectivity index (χ3v) is 3.98. The first-order valence-corrected chi connectivity index (χ1v) is 7.59. The van der Waals surface area contributed by atoms with E-state index in [2.05, 4.69) is 16.0 Å². The summed E-state index contributed by atoms with van der Waals surface area (Å²) in [5.74, 6) is 0.512. The third kappa shape index (κ3) is 2.92. The molecule has 124 valence electrons. The van der Waals surface area contributed by atoms with Crippen LogP contribution < -0.4 is 10.3 Å². The highest BCUT2D eigenvalue weighted by Gasteiger charge is 2.36. The second kappa shape index (κ2) is 6.23. The largest absolute Gasteiger partial charge is 0.394 e. The van der Waals surface area contributed by atoms with E-state index in [9.17, 15) is 10.2 Å². The molecule has 1 aliphatic rings. The number of anilines is 1. The molecule has 3 rings (SSSR count). The lowest BCUT2D eigenvalue weighted by Crippen LogP contribution is -2.37. The lowest BCUT2D eigenvalue weighted by atomic mass is 10.2. The number of hydrogen-bond acceptors (Lipinski definition) is 6. The van der Waals surface area contributed by atoms with Gasteiger partial charge in [-0.15, -0.1) is 0 Å². The van der Waals surface area contributed by atoms with Crippen LogP contribution in [0.4, 0.5) is 5.82 Å². The Hall–Kier alpha value is -2.03. The lowest BCUT2D eigenvalue weighted by Gasteiger charge is -2.15. The number of ether oxygens (including phenoxy) is 1. The third-order valence-electron chi connectivity index (χ3n) is 3.98. The van der Waals surface area contributed by atoms with Crippen LogP contribution in [0.5, 0.6) is 0 Å². The summed E-state index contributed by atoms with van der Waals surface area (Å²) in [7, 11) is 0. The molecule has 3 heterocycles. The first-order valence-electron chi connectivity index (χ1n) is 7.59. The average molecular weight is 320 g/mol. The van der Waals surface area contributed by atoms with E-state index < -0.39 is 12.3 Å². The summed E-state index contributed by atoms with van der Waals surface area (Å²) in [6.45, 7) is 4.54. The van der Waals surface area contributed by atoms with Crippen molar-refractivity contribution in [3.63, 3.8) is 0 Å². The number of nitrogens with two attached hydrogens (primary N) is 1. The number of hydrogen-bond donors (Lipinski definition) is 3. The summed E-state index contributed by atoms with van der Waals surface area (Å²) >= 11 is 0. The molecule has 2 aromatic rings. The van der Waals surface area contributed by atoms with Crippen LogP contribution >= 0.6 is 0 Å². The molecule has 1 fully saturated rings. The van der Waals surface area contributed by atoms with Gasteiger partial charge in [0.15, 0.2) is 11.7 Å². The van der Waals surface area contributed by atoms with Gasteiger partial charge in [-0.1, -0.05) is 16.6 Å². The van der Waals surface area contributed by atoms with Gasteiger partial charge in [-0.3, -0.25) is 4.57 Å². The molecule has 1 aliphatic heterocycles. The first-order chi connectivity index (χ1) is 11.0. The zero-order valence-electron chi connectivity index (χ0n) is 13.3. The van der Waals surface area contributed by atoms with E-state index in [0.29, 0.717) is 29.9 Å². The van der Waals surface area contributed by atoms with Gasteiger partial charge in [0, 0.05) is 6.42 Å². The molecule has 0 bridgehead atoms. The molecule has 4 N–H and O–H groups in total. The van der Waals surface area contributed by atoms with E-state index in [0.717, 1.165) is 0 Å². The summed E-state index contributed by atoms with van der Waals surface area (Å²) in [6.07, 6.45) is 3.94. The number of allylic oxidation sites excluding steroid dienone is 2. The van der Waals surface area contributed by atoms with Gasteiger partial charge < -0.3 is 20.7 Å². The number of imidazole rings is 1. The van der Waals surface area contributed by atoms with Crippen LogP contribution in [0.2, 0.25) is 0 Å². The standard InChI is InChI=1S/C15H21N5O3/c1-9(2)3-4-19-7-18-14-12(13(19)16)17-8-20(14)15-11(22)5-10(6-21)23-15/h3,7-8,10-11,15-16,21-22H,4-6H2,1-2H3/p+1/t10-,11+,15+/m0/s1. The molecule has 3 atom stereocenters. The number of aliphatic hydroxyl groups excluding tert-OH is 2. The maximum atomic E-state index is 10.1. The van der Waals surface area contributed by atoms with E-state index >= 15 is 0 Å². The molecule has 8 nitrogen and oxygen atoms in total. The Morgan fingerprint density at radius 1 is 1.52 bits per heavy atom. The molecule has 0 spiro atoms. The Morgan fingerprint density at radius 2 is 2.30 bits per heavy atom. The molecule has 2 aromatic heterocycles. The molecule has 0 radical (unpaired) electrons. The predicted octanol–water partition coefficient (Wildman–Crippen LogP) is -0.0921. The highest BCUT2D eigenvalue weighted by Crippen LogP contribution is 2.31. The van der Waals surface area contributed by atoms with Gasteiger partial charge in [-0.05, 0) is 13.8 Å². The van der Waals surface area contributed by atoms with Crippen molar-refractivity contribution in [3.05, 3.63) is 24.3 Å². The Balaban J connectivity index is 1.96. The number of nitrogens with zero attached hydrogens (tertiary/aromatic N) is 4. The van der Waals surface area contributed by atoms with Crippen molar-refractivity contribution in [1.82, 2.24) is 14.5 Å². The topological polar surface area (TPSA) is 110 Å². The van der Waals surface area contributed by atoms with Crippen LogP contribution in [0.1, 0.15) is 26.5 Å². The van der Waals surface area contributed by atoms with Crippen molar-refractivity contribution >= 4 is 17.0 Å². The Labute approximate surface area is 133 Å². The minimum absolute atomic E-state index is 0.127. The van der Waals surface area contributed by atoms with Crippen LogP contribution in [-0.2, 0) is 11.3 Å². The summed E-state index contributed by atoms with van der Waals surface area (Å²) in [6, 6.07) is 0. The molecular formula is C15H22N5O3+. The molecule has 23 heavy (non-hydrogen) atoms. The molecule has 0 unspecified atom stereocenters. The van der Waals surface area contributed by atoms with Gasteiger partial charge in [-0.2, -0.15) is 0 Å². The van der Waals surface area contributed by atoms with Crippen molar-refractivity contribution < 1.29 is 19.5 Å². The van der Waals surface area contributed by atoms with Gasteiger partial charge in [0.25, 0.3) is 5.82 Å². The zero-order valence-corrected chi connectivity index (χ0v) is 13.3. The quantitative estimate of drug-likeness (QED) is 0.536. The SMILES string of the molecule is CC(C)=CC[n+]1cnc2c(ncn2[C@@H]2O[C@H](CO)C[C@H]2O)c1N. The first kappa shape index (κ1) is 15.9. The van der Waals surface area contributed by atoms with Crippen molar-refractivity contribution in [2.24, 2.45) is 0 Å². The van der Waals surface area contributed by atoms with E-state index in [4.69, 9.17) is 10.5 Å². The van der Waals surface area contributed by atoms with Crippen LogP contribution in [0.25, 0.3) is 11.2 Å². The molecule has 8 heteroatoms. The number of aliphatic hydroxyl groups is 2. The number of fused-ring (bicyclic) bond motifs is 1. The smallest absolute Gasteiger partial charge is 0.251 e. The number of aromatic nitrogens is 4. The second-order valence-corrected chi connectivity index (χ2v) is 6.02. The molecule has 1 saturated heterocycles. The van der Waals surface area contributed by atoms with Crippen LogP contribution in [0.15, 0.2) is 24.3 Å². The van der Waals surface area contributed by atoms with Gasteiger partial charge in [0.05, 0.1) is 19.3 Å². The molecule has 0 aromatic carbocycles. The van der Waals surface area contributed by atoms with Crippen molar-refractivity contribution in [2.45, 2.75) is 45.2 Å². The number of rotatable bonds is 4. The van der Waals surface area contributed by atoms with Crippen molar-refractivity contribution in [1.29, 1.82) is 0 Å². The summed E-state index contributed by atoms with van der Waals surface area (Å²) < 4.78 is 9.13. The van der Waals surface area contributed by atoms with Gasteiger partial charge in [-0.25, -0.2) is 9.55 Å². The van der Waals surface area contributed by atoms with Crippen molar-refractivity contribution in [3.8, 4) is 0 Å². The maximum Gasteiger partial charge on any atom is 0.251 e. The molecular weight excluding hydrogens is 298 g/mol. The van der Waals surface area contributed by atoms with Gasteiger partial charge in [0.1, 0.15) is 12.4 Å². The van der Waals surface area contributed by atoms with Crippen LogP contribution in [0, 0.1) is 0 Å². The monoisotopic (exact) mass is 320 g/mol. The zero-order chi connectivity index (χ0) is 16.6. The predicted molar refractivity (Wildman–Crippen MR) is 83.2 cm³/mol. The second-order valence-electron chi connectivity index (χ2n) is 6.02. The van der Waals surface area contributed by atoms with E-state index in [1.807, 2.05) is 18.4 Å².